The van der Waals surface area contributed by atoms with E-state index in [0.29, 0.717) is 16.8 Å². The third kappa shape index (κ3) is 5.23. The molecule has 0 aliphatic heterocycles. The molecule has 130 valence electrons. The fraction of sp³-hybridized carbons (Fsp3) is 0.167. The lowest BCUT2D eigenvalue weighted by atomic mass is 10.1. The fourth-order valence-corrected chi connectivity index (χ4v) is 2.75. The molecule has 0 aliphatic carbocycles. The molecule has 0 saturated carbocycles. The number of rotatable bonds is 3. The number of hydrogen-bond acceptors (Lipinski definition) is 3. The van der Waals surface area contributed by atoms with Crippen LogP contribution in [0.2, 0.25) is 0 Å². The Labute approximate surface area is 165 Å². The van der Waals surface area contributed by atoms with E-state index in [1.165, 1.54) is 4.90 Å². The van der Waals surface area contributed by atoms with Crippen molar-refractivity contribution in [2.45, 2.75) is 6.92 Å². The molecule has 0 unspecified atom stereocenters. The van der Waals surface area contributed by atoms with Crippen LogP contribution in [-0.2, 0) is 0 Å². The second-order valence-electron chi connectivity index (χ2n) is 5.65. The van der Waals surface area contributed by atoms with E-state index in [2.05, 4.69) is 33.2 Å². The Bertz CT molecular complexity index is 820. The van der Waals surface area contributed by atoms with Crippen molar-refractivity contribution in [1.29, 1.82) is 0 Å². The average molecular weight is 467 g/mol. The molecule has 2 rings (SSSR count). The van der Waals surface area contributed by atoms with Crippen molar-refractivity contribution in [3.05, 3.63) is 62.7 Å². The van der Waals surface area contributed by atoms with Gasteiger partial charge in [0, 0.05) is 34.5 Å². The standard InChI is InChI=1S/C18H18IN3O2S/c1-11-4-5-13(10-15(11)19)16(23)21-18(25)20-14-8-6-12(7-9-14)17(24)22(2)3/h4-10H,1-3H3,(H2,20,21,23,25). The van der Waals surface area contributed by atoms with Gasteiger partial charge < -0.3 is 10.2 Å². The molecule has 0 saturated heterocycles. The van der Waals surface area contributed by atoms with Crippen molar-refractivity contribution in [3.63, 3.8) is 0 Å². The smallest absolute Gasteiger partial charge is 0.257 e. The molecular formula is C18H18IN3O2S. The minimum absolute atomic E-state index is 0.0728. The summed E-state index contributed by atoms with van der Waals surface area (Å²) in [5.41, 5.74) is 2.94. The molecule has 0 fully saturated rings. The number of carbonyl (C=O) groups is 2. The van der Waals surface area contributed by atoms with Crippen LogP contribution in [0.25, 0.3) is 0 Å². The van der Waals surface area contributed by atoms with E-state index in [0.717, 1.165) is 9.13 Å². The van der Waals surface area contributed by atoms with Gasteiger partial charge in [0.25, 0.3) is 11.8 Å². The Balaban J connectivity index is 1.98. The van der Waals surface area contributed by atoms with Crippen molar-refractivity contribution >= 4 is 57.4 Å². The topological polar surface area (TPSA) is 61.4 Å². The highest BCUT2D eigenvalue weighted by Gasteiger charge is 2.10. The summed E-state index contributed by atoms with van der Waals surface area (Å²) in [5, 5.41) is 5.79. The minimum Gasteiger partial charge on any atom is -0.345 e. The largest absolute Gasteiger partial charge is 0.345 e. The van der Waals surface area contributed by atoms with Crippen LogP contribution in [0.3, 0.4) is 0 Å². The first-order chi connectivity index (χ1) is 11.8. The van der Waals surface area contributed by atoms with Gasteiger partial charge in [-0.25, -0.2) is 0 Å². The van der Waals surface area contributed by atoms with E-state index < -0.39 is 0 Å². The molecule has 2 amide bonds. The Morgan fingerprint density at radius 3 is 2.20 bits per heavy atom. The lowest BCUT2D eigenvalue weighted by Crippen LogP contribution is -2.34. The molecule has 0 heterocycles. The van der Waals surface area contributed by atoms with Crippen LogP contribution < -0.4 is 10.6 Å². The first kappa shape index (κ1) is 19.3. The molecule has 7 heteroatoms. The Kier molecular flexibility index (Phi) is 6.49. The van der Waals surface area contributed by atoms with Crippen LogP contribution in [0.1, 0.15) is 26.3 Å². The van der Waals surface area contributed by atoms with Gasteiger partial charge in [-0.05, 0) is 83.7 Å². The van der Waals surface area contributed by atoms with E-state index in [4.69, 9.17) is 12.2 Å². The molecule has 5 nitrogen and oxygen atoms in total. The first-order valence-corrected chi connectivity index (χ1v) is 8.97. The number of nitrogens with zero attached hydrogens (tertiary/aromatic N) is 1. The van der Waals surface area contributed by atoms with Gasteiger partial charge in [-0.2, -0.15) is 0 Å². The normalized spacial score (nSPS) is 10.1. The van der Waals surface area contributed by atoms with Gasteiger partial charge in [-0.1, -0.05) is 6.07 Å². The van der Waals surface area contributed by atoms with Crippen LogP contribution in [0.15, 0.2) is 42.5 Å². The molecule has 0 spiro atoms. The number of hydrogen-bond donors (Lipinski definition) is 2. The fourth-order valence-electron chi connectivity index (χ4n) is 2.03. The van der Waals surface area contributed by atoms with E-state index in [-0.39, 0.29) is 16.9 Å². The van der Waals surface area contributed by atoms with E-state index in [1.807, 2.05) is 19.1 Å². The van der Waals surface area contributed by atoms with E-state index in [9.17, 15) is 9.59 Å². The molecule has 0 atom stereocenters. The molecular weight excluding hydrogens is 449 g/mol. The number of nitrogens with one attached hydrogen (secondary N) is 2. The van der Waals surface area contributed by atoms with Crippen molar-refractivity contribution in [3.8, 4) is 0 Å². The highest BCUT2D eigenvalue weighted by atomic mass is 127. The van der Waals surface area contributed by atoms with Gasteiger partial charge in [0.1, 0.15) is 0 Å². The number of halogens is 1. The predicted octanol–water partition coefficient (Wildman–Crippen LogP) is 3.43. The lowest BCUT2D eigenvalue weighted by molar-refractivity contribution is 0.0827. The third-order valence-corrected chi connectivity index (χ3v) is 4.82. The minimum atomic E-state index is -0.269. The maximum absolute atomic E-state index is 12.2. The van der Waals surface area contributed by atoms with Crippen molar-refractivity contribution in [2.24, 2.45) is 0 Å². The summed E-state index contributed by atoms with van der Waals surface area (Å²) in [6.07, 6.45) is 0. The van der Waals surface area contributed by atoms with Crippen molar-refractivity contribution in [2.75, 3.05) is 19.4 Å². The molecule has 2 aromatic rings. The van der Waals surface area contributed by atoms with Gasteiger partial charge in [-0.15, -0.1) is 0 Å². The highest BCUT2D eigenvalue weighted by Crippen LogP contribution is 2.14. The molecule has 2 aromatic carbocycles. The molecule has 0 aromatic heterocycles. The van der Waals surface area contributed by atoms with Crippen molar-refractivity contribution in [1.82, 2.24) is 10.2 Å². The van der Waals surface area contributed by atoms with Crippen molar-refractivity contribution < 1.29 is 9.59 Å². The summed E-state index contributed by atoms with van der Waals surface area (Å²) in [6.45, 7) is 1.99. The predicted molar refractivity (Wildman–Crippen MR) is 112 cm³/mol. The summed E-state index contributed by atoms with van der Waals surface area (Å²) in [5.74, 6) is -0.341. The van der Waals surface area contributed by atoms with Crippen LogP contribution >= 0.6 is 34.8 Å². The summed E-state index contributed by atoms with van der Waals surface area (Å²) >= 11 is 7.37. The Hall–Kier alpha value is -2.00. The molecule has 25 heavy (non-hydrogen) atoms. The third-order valence-electron chi connectivity index (χ3n) is 3.46. The first-order valence-electron chi connectivity index (χ1n) is 7.48. The van der Waals surface area contributed by atoms with Gasteiger partial charge >= 0.3 is 0 Å². The van der Waals surface area contributed by atoms with Crippen LogP contribution in [0, 0.1) is 10.5 Å². The number of carbonyl (C=O) groups excluding carboxylic acids is 2. The zero-order valence-corrected chi connectivity index (χ0v) is 17.1. The Morgan fingerprint density at radius 2 is 1.64 bits per heavy atom. The Morgan fingerprint density at radius 1 is 1.04 bits per heavy atom. The maximum Gasteiger partial charge on any atom is 0.257 e. The summed E-state index contributed by atoms with van der Waals surface area (Å²) in [6, 6.07) is 12.4. The van der Waals surface area contributed by atoms with Gasteiger partial charge in [0.05, 0.1) is 0 Å². The van der Waals surface area contributed by atoms with Crippen LogP contribution in [0.4, 0.5) is 5.69 Å². The average Bonchev–Trinajstić information content (AvgIpc) is 2.57. The zero-order valence-electron chi connectivity index (χ0n) is 14.1. The second-order valence-corrected chi connectivity index (χ2v) is 7.22. The maximum atomic E-state index is 12.2. The number of thiocarbonyl (C=S) groups is 1. The van der Waals surface area contributed by atoms with Gasteiger partial charge in [0.15, 0.2) is 5.11 Å². The molecule has 0 radical (unpaired) electrons. The van der Waals surface area contributed by atoms with E-state index in [1.54, 1.807) is 44.4 Å². The number of amides is 2. The van der Waals surface area contributed by atoms with Gasteiger partial charge in [0.2, 0.25) is 0 Å². The zero-order chi connectivity index (χ0) is 18.6. The molecule has 0 bridgehead atoms. The highest BCUT2D eigenvalue weighted by molar-refractivity contribution is 14.1. The molecule has 0 aliphatic rings. The summed E-state index contributed by atoms with van der Waals surface area (Å²) in [4.78, 5) is 25.6. The SMILES string of the molecule is Cc1ccc(C(=O)NC(=S)Nc2ccc(C(=O)N(C)C)cc2)cc1I. The van der Waals surface area contributed by atoms with Crippen LogP contribution in [-0.4, -0.2) is 35.9 Å². The number of anilines is 1. The van der Waals surface area contributed by atoms with Crippen LogP contribution in [0.5, 0.6) is 0 Å². The number of aryl methyl sites for hydroxylation is 1. The monoisotopic (exact) mass is 467 g/mol. The lowest BCUT2D eigenvalue weighted by Gasteiger charge is -2.12. The number of benzene rings is 2. The van der Waals surface area contributed by atoms with E-state index >= 15 is 0 Å². The molecule has 2 N–H and O–H groups in total. The quantitative estimate of drug-likeness (QED) is 0.537. The van der Waals surface area contributed by atoms with Gasteiger partial charge in [-0.3, -0.25) is 14.9 Å². The summed E-state index contributed by atoms with van der Waals surface area (Å²) < 4.78 is 1.02. The summed E-state index contributed by atoms with van der Waals surface area (Å²) in [7, 11) is 3.40. The second kappa shape index (κ2) is 8.39.